The minimum atomic E-state index is -0.310. The summed E-state index contributed by atoms with van der Waals surface area (Å²) in [6.07, 6.45) is 3.55. The van der Waals surface area contributed by atoms with E-state index in [1.165, 1.54) is 11.1 Å². The van der Waals surface area contributed by atoms with Crippen molar-refractivity contribution in [2.24, 2.45) is 0 Å². The molecular weight excluding hydrogens is 502 g/mol. The first-order chi connectivity index (χ1) is 18.4. The fourth-order valence-electron chi connectivity index (χ4n) is 4.90. The lowest BCUT2D eigenvalue weighted by Crippen LogP contribution is -2.17. The third kappa shape index (κ3) is 4.24. The number of aromatic nitrogens is 5. The number of ether oxygens (including phenoxy) is 1. The van der Waals surface area contributed by atoms with Crippen LogP contribution in [0.5, 0.6) is 5.75 Å². The molecule has 0 bridgehead atoms. The van der Waals surface area contributed by atoms with Crippen LogP contribution in [0, 0.1) is 0 Å². The van der Waals surface area contributed by atoms with Crippen molar-refractivity contribution < 1.29 is 9.53 Å². The highest BCUT2D eigenvalue weighted by atomic mass is 35.5. The predicted molar refractivity (Wildman–Crippen MR) is 147 cm³/mol. The third-order valence-electron chi connectivity index (χ3n) is 6.74. The Morgan fingerprint density at radius 1 is 1.13 bits per heavy atom. The van der Waals surface area contributed by atoms with Gasteiger partial charge in [0.1, 0.15) is 11.6 Å². The van der Waals surface area contributed by atoms with Crippen LogP contribution in [0.25, 0.3) is 16.9 Å². The number of aromatic amines is 1. The zero-order valence-corrected chi connectivity index (χ0v) is 22.0. The number of hydrogen-bond acceptors (Lipinski definition) is 6. The normalized spacial score (nSPS) is 12.8. The van der Waals surface area contributed by atoms with Gasteiger partial charge in [-0.2, -0.15) is 10.2 Å². The monoisotopic (exact) mass is 527 g/mol. The summed E-state index contributed by atoms with van der Waals surface area (Å²) in [4.78, 5) is 20.8. The average Bonchev–Trinajstić information content (AvgIpc) is 3.66. The molecule has 1 aliphatic rings. The van der Waals surface area contributed by atoms with Crippen molar-refractivity contribution in [3.05, 3.63) is 88.3 Å². The Morgan fingerprint density at radius 2 is 1.97 bits per heavy atom. The van der Waals surface area contributed by atoms with E-state index in [0.717, 1.165) is 34.2 Å². The van der Waals surface area contributed by atoms with Crippen molar-refractivity contribution >= 4 is 34.7 Å². The maximum Gasteiger partial charge on any atom is 0.276 e. The SMILES string of the molecule is COc1cccc(NC(=O)c2nn3c(-c4cn[nH]c4)cc(N4Cc5ccc(Cl)cc5C4)nc3c2C(C)C)c1. The smallest absolute Gasteiger partial charge is 0.276 e. The van der Waals surface area contributed by atoms with Gasteiger partial charge in [-0.25, -0.2) is 9.50 Å². The van der Waals surface area contributed by atoms with Crippen LogP contribution < -0.4 is 15.0 Å². The van der Waals surface area contributed by atoms with E-state index < -0.39 is 0 Å². The predicted octanol–water partition coefficient (Wildman–Crippen LogP) is 5.68. The van der Waals surface area contributed by atoms with Crippen LogP contribution in [0.3, 0.4) is 0 Å². The summed E-state index contributed by atoms with van der Waals surface area (Å²) < 4.78 is 7.04. The summed E-state index contributed by atoms with van der Waals surface area (Å²) in [5, 5.41) is 15.5. The highest BCUT2D eigenvalue weighted by Gasteiger charge is 2.28. The molecule has 0 radical (unpaired) electrons. The molecule has 0 spiro atoms. The number of rotatable bonds is 6. The van der Waals surface area contributed by atoms with Crippen LogP contribution in [0.4, 0.5) is 11.5 Å². The summed E-state index contributed by atoms with van der Waals surface area (Å²) in [7, 11) is 1.59. The number of fused-ring (bicyclic) bond motifs is 2. The van der Waals surface area contributed by atoms with E-state index in [9.17, 15) is 4.79 Å². The number of carbonyl (C=O) groups excluding carboxylic acids is 1. The highest BCUT2D eigenvalue weighted by Crippen LogP contribution is 2.34. The van der Waals surface area contributed by atoms with E-state index >= 15 is 0 Å². The molecule has 6 rings (SSSR count). The molecule has 0 unspecified atom stereocenters. The van der Waals surface area contributed by atoms with E-state index in [0.29, 0.717) is 29.3 Å². The zero-order valence-electron chi connectivity index (χ0n) is 21.2. The molecule has 0 saturated heterocycles. The van der Waals surface area contributed by atoms with Gasteiger partial charge in [-0.05, 0) is 41.3 Å². The Hall–Kier alpha value is -4.37. The number of benzene rings is 2. The molecule has 10 heteroatoms. The van der Waals surface area contributed by atoms with Crippen molar-refractivity contribution in [3.8, 4) is 17.0 Å². The number of halogens is 1. The molecule has 2 aromatic carbocycles. The Kier molecular flexibility index (Phi) is 6.00. The summed E-state index contributed by atoms with van der Waals surface area (Å²) in [5.74, 6) is 1.13. The van der Waals surface area contributed by atoms with Crippen molar-refractivity contribution in [1.29, 1.82) is 0 Å². The second-order valence-corrected chi connectivity index (χ2v) is 10.0. The summed E-state index contributed by atoms with van der Waals surface area (Å²) in [6, 6.07) is 15.2. The quantitative estimate of drug-likeness (QED) is 0.295. The summed E-state index contributed by atoms with van der Waals surface area (Å²) in [5.41, 5.74) is 6.39. The second kappa shape index (κ2) is 9.50. The van der Waals surface area contributed by atoms with Gasteiger partial charge < -0.3 is 15.0 Å². The van der Waals surface area contributed by atoms with Crippen molar-refractivity contribution in [3.63, 3.8) is 0 Å². The Bertz CT molecular complexity index is 1660. The van der Waals surface area contributed by atoms with Crippen LogP contribution in [-0.4, -0.2) is 37.8 Å². The Labute approximate surface area is 224 Å². The van der Waals surface area contributed by atoms with Crippen LogP contribution in [0.2, 0.25) is 5.02 Å². The summed E-state index contributed by atoms with van der Waals surface area (Å²) in [6.45, 7) is 5.49. The molecular formula is C28H26ClN7O2. The maximum absolute atomic E-state index is 13.5. The lowest BCUT2D eigenvalue weighted by atomic mass is 10.0. The molecule has 0 atom stereocenters. The van der Waals surface area contributed by atoms with E-state index in [1.54, 1.807) is 23.9 Å². The third-order valence-corrected chi connectivity index (χ3v) is 6.97. The molecule has 192 valence electrons. The first-order valence-electron chi connectivity index (χ1n) is 12.3. The topological polar surface area (TPSA) is 100 Å². The van der Waals surface area contributed by atoms with Crippen LogP contribution in [0.15, 0.2) is 60.9 Å². The van der Waals surface area contributed by atoms with Crippen LogP contribution in [0.1, 0.15) is 46.9 Å². The number of amides is 1. The number of nitrogens with one attached hydrogen (secondary N) is 2. The molecule has 2 N–H and O–H groups in total. The molecule has 1 amide bonds. The van der Waals surface area contributed by atoms with E-state index in [2.05, 4.69) is 26.5 Å². The van der Waals surface area contributed by atoms with Gasteiger partial charge in [-0.1, -0.05) is 37.6 Å². The second-order valence-electron chi connectivity index (χ2n) is 9.59. The molecule has 0 aliphatic carbocycles. The van der Waals surface area contributed by atoms with Crippen molar-refractivity contribution in [2.75, 3.05) is 17.3 Å². The maximum atomic E-state index is 13.5. The van der Waals surface area contributed by atoms with Gasteiger partial charge in [-0.3, -0.25) is 9.89 Å². The van der Waals surface area contributed by atoms with Gasteiger partial charge in [0.2, 0.25) is 0 Å². The standard InChI is InChI=1S/C28H26ClN7O2/c1-16(2)25-26(28(37)32-21-5-4-6-22(10-21)38-3)34-36-23(19-12-30-31-13-19)11-24(33-27(25)36)35-14-17-7-8-20(29)9-18(17)15-35/h4-13,16H,14-15H2,1-3H3,(H,30,31)(H,32,37). The first kappa shape index (κ1) is 24.0. The number of methoxy groups -OCH3 is 1. The average molecular weight is 528 g/mol. The van der Waals surface area contributed by atoms with Crippen LogP contribution in [-0.2, 0) is 13.1 Å². The minimum Gasteiger partial charge on any atom is -0.497 e. The fourth-order valence-corrected chi connectivity index (χ4v) is 5.09. The Balaban J connectivity index is 1.47. The molecule has 5 aromatic rings. The first-order valence-corrected chi connectivity index (χ1v) is 12.7. The molecule has 0 saturated carbocycles. The number of H-pyrrole nitrogens is 1. The molecule has 4 heterocycles. The minimum absolute atomic E-state index is 0.00640. The van der Waals surface area contributed by atoms with E-state index in [-0.39, 0.29) is 11.8 Å². The van der Waals surface area contributed by atoms with Gasteiger partial charge in [0, 0.05) is 53.3 Å². The summed E-state index contributed by atoms with van der Waals surface area (Å²) >= 11 is 6.25. The Morgan fingerprint density at radius 3 is 2.74 bits per heavy atom. The van der Waals surface area contributed by atoms with Crippen LogP contribution >= 0.6 is 11.6 Å². The van der Waals surface area contributed by atoms with Gasteiger partial charge in [0.05, 0.1) is 19.0 Å². The van der Waals surface area contributed by atoms with Gasteiger partial charge in [-0.15, -0.1) is 0 Å². The molecule has 3 aromatic heterocycles. The van der Waals surface area contributed by atoms with Gasteiger partial charge in [0.15, 0.2) is 11.3 Å². The number of carbonyl (C=O) groups is 1. The van der Waals surface area contributed by atoms with E-state index in [4.69, 9.17) is 26.4 Å². The molecule has 1 aliphatic heterocycles. The lowest BCUT2D eigenvalue weighted by molar-refractivity contribution is 0.102. The molecule has 9 nitrogen and oxygen atoms in total. The van der Waals surface area contributed by atoms with Crippen molar-refractivity contribution in [2.45, 2.75) is 32.9 Å². The lowest BCUT2D eigenvalue weighted by Gasteiger charge is -2.18. The number of hydrogen-bond donors (Lipinski definition) is 2. The molecule has 0 fully saturated rings. The largest absolute Gasteiger partial charge is 0.497 e. The van der Waals surface area contributed by atoms with Gasteiger partial charge >= 0.3 is 0 Å². The van der Waals surface area contributed by atoms with Gasteiger partial charge in [0.25, 0.3) is 5.91 Å². The molecule has 38 heavy (non-hydrogen) atoms. The number of anilines is 2. The van der Waals surface area contributed by atoms with Crippen molar-refractivity contribution in [1.82, 2.24) is 24.8 Å². The van der Waals surface area contributed by atoms with E-state index in [1.807, 2.05) is 56.4 Å². The fraction of sp³-hybridized carbons (Fsp3) is 0.214. The number of nitrogens with zero attached hydrogens (tertiary/aromatic N) is 5. The zero-order chi connectivity index (χ0) is 26.4. The highest BCUT2D eigenvalue weighted by molar-refractivity contribution is 6.30.